The molecule has 1 N–H and O–H groups in total. The van der Waals surface area contributed by atoms with Crippen LogP contribution in [0.3, 0.4) is 0 Å². The molecule has 0 saturated heterocycles. The van der Waals surface area contributed by atoms with Crippen molar-refractivity contribution in [3.8, 4) is 10.6 Å². The Bertz CT molecular complexity index is 717. The number of furan rings is 1. The lowest BCUT2D eigenvalue weighted by atomic mass is 10.2. The second kappa shape index (κ2) is 6.37. The van der Waals surface area contributed by atoms with Gasteiger partial charge in [-0.15, -0.1) is 10.2 Å². The van der Waals surface area contributed by atoms with E-state index in [4.69, 9.17) is 4.42 Å². The Balaban J connectivity index is 1.70. The monoisotopic (exact) mass is 301 g/mol. The summed E-state index contributed by atoms with van der Waals surface area (Å²) in [6.07, 6.45) is 3.82. The van der Waals surface area contributed by atoms with E-state index in [0.29, 0.717) is 6.04 Å². The first-order valence-electron chi connectivity index (χ1n) is 7.26. The third kappa shape index (κ3) is 3.31. The molecule has 0 bridgehead atoms. The van der Waals surface area contributed by atoms with Gasteiger partial charge in [0.1, 0.15) is 16.9 Å². The molecule has 0 amide bonds. The van der Waals surface area contributed by atoms with Gasteiger partial charge in [-0.3, -0.25) is 0 Å². The average molecular weight is 301 g/mol. The van der Waals surface area contributed by atoms with E-state index < -0.39 is 0 Å². The lowest BCUT2D eigenvalue weighted by Gasteiger charge is -2.05. The van der Waals surface area contributed by atoms with Crippen LogP contribution in [0.25, 0.3) is 21.5 Å². The minimum absolute atomic E-state index is 0.535. The maximum Gasteiger partial charge on any atom is 0.151 e. The lowest BCUT2D eigenvalue weighted by Crippen LogP contribution is -2.23. The van der Waals surface area contributed by atoms with Crippen LogP contribution in [-0.4, -0.2) is 22.8 Å². The molecule has 0 aliphatic heterocycles. The first-order valence-corrected chi connectivity index (χ1v) is 8.08. The SMILES string of the molecule is CC(C)NCCCc1nnc(-c2coc3ccccc23)s1. The number of benzene rings is 1. The maximum absolute atomic E-state index is 5.57. The first-order chi connectivity index (χ1) is 10.2. The molecule has 5 heteroatoms. The Labute approximate surface area is 128 Å². The molecule has 0 saturated carbocycles. The third-order valence-corrected chi connectivity index (χ3v) is 4.31. The predicted octanol–water partition coefficient (Wildman–Crippen LogP) is 3.88. The van der Waals surface area contributed by atoms with Gasteiger partial charge in [-0.05, 0) is 19.0 Å². The summed E-state index contributed by atoms with van der Waals surface area (Å²) in [5, 5.41) is 15.1. The first kappa shape index (κ1) is 14.2. The fourth-order valence-corrected chi connectivity index (χ4v) is 3.14. The van der Waals surface area contributed by atoms with Crippen LogP contribution in [0.5, 0.6) is 0 Å². The molecule has 0 aliphatic carbocycles. The normalized spacial score (nSPS) is 11.6. The van der Waals surface area contributed by atoms with E-state index >= 15 is 0 Å². The molecule has 0 fully saturated rings. The number of aryl methyl sites for hydroxylation is 1. The van der Waals surface area contributed by atoms with Crippen LogP contribution in [0.1, 0.15) is 25.3 Å². The van der Waals surface area contributed by atoms with Gasteiger partial charge in [0.2, 0.25) is 0 Å². The largest absolute Gasteiger partial charge is 0.464 e. The van der Waals surface area contributed by atoms with Crippen molar-refractivity contribution in [2.75, 3.05) is 6.54 Å². The minimum atomic E-state index is 0.535. The van der Waals surface area contributed by atoms with Gasteiger partial charge in [0.15, 0.2) is 5.01 Å². The molecule has 110 valence electrons. The number of fused-ring (bicyclic) bond motifs is 1. The van der Waals surface area contributed by atoms with Gasteiger partial charge in [0.05, 0.1) is 5.56 Å². The van der Waals surface area contributed by atoms with Crippen LogP contribution >= 0.6 is 11.3 Å². The van der Waals surface area contributed by atoms with Crippen LogP contribution in [0.4, 0.5) is 0 Å². The molecule has 2 heterocycles. The Hall–Kier alpha value is -1.72. The van der Waals surface area contributed by atoms with E-state index in [-0.39, 0.29) is 0 Å². The highest BCUT2D eigenvalue weighted by Crippen LogP contribution is 2.32. The van der Waals surface area contributed by atoms with Gasteiger partial charge in [-0.2, -0.15) is 0 Å². The third-order valence-electron chi connectivity index (χ3n) is 3.30. The molecular weight excluding hydrogens is 282 g/mol. The highest BCUT2D eigenvalue weighted by atomic mass is 32.1. The van der Waals surface area contributed by atoms with E-state index in [2.05, 4.69) is 35.4 Å². The summed E-state index contributed by atoms with van der Waals surface area (Å²) in [5.41, 5.74) is 1.93. The van der Waals surface area contributed by atoms with Crippen molar-refractivity contribution in [3.05, 3.63) is 35.5 Å². The van der Waals surface area contributed by atoms with Crippen molar-refractivity contribution in [3.63, 3.8) is 0 Å². The highest BCUT2D eigenvalue weighted by molar-refractivity contribution is 7.14. The molecule has 21 heavy (non-hydrogen) atoms. The summed E-state index contributed by atoms with van der Waals surface area (Å²) in [7, 11) is 0. The van der Waals surface area contributed by atoms with Gasteiger partial charge >= 0.3 is 0 Å². The quantitative estimate of drug-likeness (QED) is 0.702. The van der Waals surface area contributed by atoms with Crippen molar-refractivity contribution >= 4 is 22.3 Å². The number of nitrogens with one attached hydrogen (secondary N) is 1. The summed E-state index contributed by atoms with van der Waals surface area (Å²) in [4.78, 5) is 0. The molecule has 0 unspecified atom stereocenters. The summed E-state index contributed by atoms with van der Waals surface area (Å²) < 4.78 is 5.57. The zero-order chi connectivity index (χ0) is 14.7. The van der Waals surface area contributed by atoms with Crippen LogP contribution < -0.4 is 5.32 Å². The van der Waals surface area contributed by atoms with E-state index in [1.807, 2.05) is 18.2 Å². The van der Waals surface area contributed by atoms with Crippen molar-refractivity contribution in [2.45, 2.75) is 32.7 Å². The fourth-order valence-electron chi connectivity index (χ4n) is 2.24. The zero-order valence-electron chi connectivity index (χ0n) is 12.3. The molecule has 0 radical (unpaired) electrons. The number of para-hydroxylation sites is 1. The summed E-state index contributed by atoms with van der Waals surface area (Å²) in [6.45, 7) is 5.33. The van der Waals surface area contributed by atoms with Gasteiger partial charge in [-0.25, -0.2) is 0 Å². The van der Waals surface area contributed by atoms with E-state index in [1.165, 1.54) is 0 Å². The molecule has 2 aromatic heterocycles. The molecule has 1 aromatic carbocycles. The Morgan fingerprint density at radius 3 is 2.95 bits per heavy atom. The summed E-state index contributed by atoms with van der Waals surface area (Å²) in [5.74, 6) is 0. The number of hydrogen-bond donors (Lipinski definition) is 1. The van der Waals surface area contributed by atoms with E-state index in [0.717, 1.165) is 45.9 Å². The van der Waals surface area contributed by atoms with Crippen LogP contribution in [0, 0.1) is 0 Å². The van der Waals surface area contributed by atoms with Crippen LogP contribution in [-0.2, 0) is 6.42 Å². The van der Waals surface area contributed by atoms with E-state index in [1.54, 1.807) is 17.6 Å². The van der Waals surface area contributed by atoms with Crippen LogP contribution in [0.2, 0.25) is 0 Å². The zero-order valence-corrected chi connectivity index (χ0v) is 13.1. The maximum atomic E-state index is 5.57. The van der Waals surface area contributed by atoms with Gasteiger partial charge in [0.25, 0.3) is 0 Å². The minimum Gasteiger partial charge on any atom is -0.464 e. The van der Waals surface area contributed by atoms with Crippen molar-refractivity contribution in [2.24, 2.45) is 0 Å². The standard InChI is InChI=1S/C16H19N3OS/c1-11(2)17-9-5-8-15-18-19-16(21-15)13-10-20-14-7-4-3-6-12(13)14/h3-4,6-7,10-11,17H,5,8-9H2,1-2H3. The van der Waals surface area contributed by atoms with Gasteiger partial charge in [0, 0.05) is 17.8 Å². The summed E-state index contributed by atoms with van der Waals surface area (Å²) >= 11 is 1.65. The molecule has 3 rings (SSSR count). The Morgan fingerprint density at radius 2 is 2.10 bits per heavy atom. The molecule has 4 nitrogen and oxygen atoms in total. The van der Waals surface area contributed by atoms with Crippen molar-refractivity contribution in [1.82, 2.24) is 15.5 Å². The number of hydrogen-bond acceptors (Lipinski definition) is 5. The van der Waals surface area contributed by atoms with Gasteiger partial charge < -0.3 is 9.73 Å². The average Bonchev–Trinajstić information content (AvgIpc) is 3.09. The lowest BCUT2D eigenvalue weighted by molar-refractivity contribution is 0.569. The van der Waals surface area contributed by atoms with Crippen molar-refractivity contribution in [1.29, 1.82) is 0 Å². The molecule has 0 spiro atoms. The smallest absolute Gasteiger partial charge is 0.151 e. The number of aromatic nitrogens is 2. The Kier molecular flexibility index (Phi) is 4.31. The van der Waals surface area contributed by atoms with Crippen molar-refractivity contribution < 1.29 is 4.42 Å². The second-order valence-electron chi connectivity index (χ2n) is 5.36. The number of rotatable bonds is 6. The Morgan fingerprint density at radius 1 is 1.24 bits per heavy atom. The topological polar surface area (TPSA) is 51.0 Å². The number of nitrogens with zero attached hydrogens (tertiary/aromatic N) is 2. The second-order valence-corrected chi connectivity index (χ2v) is 6.42. The molecule has 0 aliphatic rings. The van der Waals surface area contributed by atoms with Crippen LogP contribution in [0.15, 0.2) is 34.9 Å². The molecular formula is C16H19N3OS. The fraction of sp³-hybridized carbons (Fsp3) is 0.375. The predicted molar refractivity (Wildman–Crippen MR) is 86.6 cm³/mol. The molecule has 0 atom stereocenters. The molecule has 3 aromatic rings. The highest BCUT2D eigenvalue weighted by Gasteiger charge is 2.12. The van der Waals surface area contributed by atoms with E-state index in [9.17, 15) is 0 Å². The van der Waals surface area contributed by atoms with Gasteiger partial charge in [-0.1, -0.05) is 43.4 Å². The summed E-state index contributed by atoms with van der Waals surface area (Å²) in [6, 6.07) is 8.55.